The number of H-pyrrole nitrogens is 2. The molecule has 3 amide bonds. The summed E-state index contributed by atoms with van der Waals surface area (Å²) in [4.78, 5) is 57.9. The van der Waals surface area contributed by atoms with Crippen molar-refractivity contribution in [1.82, 2.24) is 25.9 Å². The van der Waals surface area contributed by atoms with E-state index in [4.69, 9.17) is 5.73 Å². The molecule has 2 aromatic carbocycles. The minimum Gasteiger partial charge on any atom is -0.480 e. The number of amides is 3. The molecule has 8 N–H and O–H groups in total. The van der Waals surface area contributed by atoms with Crippen LogP contribution in [0.25, 0.3) is 21.8 Å². The van der Waals surface area contributed by atoms with Gasteiger partial charge in [0, 0.05) is 46.4 Å². The van der Waals surface area contributed by atoms with Crippen LogP contribution in [0.3, 0.4) is 0 Å². The summed E-state index contributed by atoms with van der Waals surface area (Å²) in [5.41, 5.74) is 9.77. The van der Waals surface area contributed by atoms with Gasteiger partial charge in [-0.2, -0.15) is 24.4 Å². The van der Waals surface area contributed by atoms with Crippen molar-refractivity contribution in [3.63, 3.8) is 0 Å². The molecule has 4 unspecified atom stereocenters. The van der Waals surface area contributed by atoms with E-state index in [0.29, 0.717) is 5.75 Å². The number of nitrogens with one attached hydrogen (secondary N) is 5. The number of para-hydroxylation sites is 2. The summed E-state index contributed by atoms with van der Waals surface area (Å²) in [6.45, 7) is 0. The smallest absolute Gasteiger partial charge is 0.326 e. The Balaban J connectivity index is 1.51. The zero-order chi connectivity index (χ0) is 30.9. The van der Waals surface area contributed by atoms with Crippen LogP contribution in [0.4, 0.5) is 0 Å². The third kappa shape index (κ3) is 8.12. The van der Waals surface area contributed by atoms with Crippen LogP contribution < -0.4 is 21.7 Å². The number of carbonyl (C=O) groups is 4. The third-order valence-electron chi connectivity index (χ3n) is 7.22. The number of carboxylic acids is 1. The van der Waals surface area contributed by atoms with Crippen molar-refractivity contribution in [2.24, 2.45) is 5.73 Å². The van der Waals surface area contributed by atoms with E-state index in [9.17, 15) is 24.3 Å². The molecule has 0 bridgehead atoms. The molecule has 43 heavy (non-hydrogen) atoms. The van der Waals surface area contributed by atoms with E-state index in [2.05, 4.69) is 38.5 Å². The van der Waals surface area contributed by atoms with Crippen molar-refractivity contribution in [1.29, 1.82) is 0 Å². The molecule has 0 aliphatic rings. The highest BCUT2D eigenvalue weighted by molar-refractivity contribution is 7.98. The van der Waals surface area contributed by atoms with Gasteiger partial charge in [0.05, 0.1) is 6.04 Å². The van der Waals surface area contributed by atoms with E-state index in [-0.39, 0.29) is 25.0 Å². The normalized spacial score (nSPS) is 14.1. The summed E-state index contributed by atoms with van der Waals surface area (Å²) >= 11 is 5.68. The largest absolute Gasteiger partial charge is 0.480 e. The summed E-state index contributed by atoms with van der Waals surface area (Å²) in [6, 6.07) is 11.0. The SMILES string of the molecule is CSCCC(NC(=O)C(CS)NC(=O)C(Cc1c[nH]c2ccccc12)NC(=O)C(N)Cc1c[nH]c2ccccc12)C(=O)O. The lowest BCUT2D eigenvalue weighted by molar-refractivity contribution is -0.142. The number of hydrogen-bond donors (Lipinski definition) is 8. The number of thioether (sulfide) groups is 1. The molecule has 0 fully saturated rings. The molecule has 0 saturated carbocycles. The quantitative estimate of drug-likeness (QED) is 0.0931. The Bertz CT molecular complexity index is 1590. The second-order valence-corrected chi connectivity index (χ2v) is 11.6. The Kier molecular flexibility index (Phi) is 11.1. The zero-order valence-corrected chi connectivity index (χ0v) is 25.3. The molecule has 2 heterocycles. The average molecular weight is 625 g/mol. The molecular formula is C30H36N6O5S2. The van der Waals surface area contributed by atoms with Gasteiger partial charge in [-0.15, -0.1) is 0 Å². The Morgan fingerprint density at radius 1 is 0.814 bits per heavy atom. The maximum Gasteiger partial charge on any atom is 0.326 e. The van der Waals surface area contributed by atoms with Gasteiger partial charge >= 0.3 is 5.97 Å². The van der Waals surface area contributed by atoms with Crippen LogP contribution in [0.1, 0.15) is 17.5 Å². The highest BCUT2D eigenvalue weighted by atomic mass is 32.2. The molecule has 4 atom stereocenters. The summed E-state index contributed by atoms with van der Waals surface area (Å²) in [6.07, 6.45) is 6.01. The topological polar surface area (TPSA) is 182 Å². The summed E-state index contributed by atoms with van der Waals surface area (Å²) in [7, 11) is 0. The molecule has 13 heteroatoms. The fraction of sp³-hybridized carbons (Fsp3) is 0.333. The number of carboxylic acid groups (broad SMARTS) is 1. The van der Waals surface area contributed by atoms with Crippen LogP contribution in [-0.2, 0) is 32.0 Å². The molecule has 2 aromatic heterocycles. The third-order valence-corrected chi connectivity index (χ3v) is 8.23. The number of aromatic nitrogens is 2. The Labute approximate surface area is 258 Å². The second-order valence-electron chi connectivity index (χ2n) is 10.2. The van der Waals surface area contributed by atoms with Gasteiger partial charge in [-0.3, -0.25) is 14.4 Å². The van der Waals surface area contributed by atoms with Crippen LogP contribution >= 0.6 is 24.4 Å². The highest BCUT2D eigenvalue weighted by Gasteiger charge is 2.30. The molecule has 228 valence electrons. The van der Waals surface area contributed by atoms with E-state index >= 15 is 0 Å². The monoisotopic (exact) mass is 624 g/mol. The highest BCUT2D eigenvalue weighted by Crippen LogP contribution is 2.21. The van der Waals surface area contributed by atoms with Crippen molar-refractivity contribution in [2.45, 2.75) is 43.4 Å². The standard InChI is InChI=1S/C30H36N6O5S2/c1-43-11-10-24(30(40)41)34-29(39)26(16-42)36-28(38)25(13-18-15-33-23-9-5-3-7-20(18)23)35-27(37)21(31)12-17-14-32-22-8-4-2-6-19(17)22/h2-9,14-15,21,24-26,32-33,42H,10-13,16,31H2,1H3,(H,34,39)(H,35,37)(H,36,38)(H,40,41). The Morgan fingerprint density at radius 2 is 1.33 bits per heavy atom. The Morgan fingerprint density at radius 3 is 1.88 bits per heavy atom. The van der Waals surface area contributed by atoms with Crippen molar-refractivity contribution < 1.29 is 24.3 Å². The molecule has 0 aliphatic carbocycles. The molecule has 0 saturated heterocycles. The first-order valence-electron chi connectivity index (χ1n) is 13.8. The lowest BCUT2D eigenvalue weighted by Gasteiger charge is -2.24. The van der Waals surface area contributed by atoms with Gasteiger partial charge in [-0.25, -0.2) is 4.79 Å². The number of fused-ring (bicyclic) bond motifs is 2. The lowest BCUT2D eigenvalue weighted by Crippen LogP contribution is -2.58. The minimum atomic E-state index is -1.17. The Hall–Kier alpha value is -3.94. The van der Waals surface area contributed by atoms with Crippen molar-refractivity contribution in [3.05, 3.63) is 72.1 Å². The van der Waals surface area contributed by atoms with E-state index in [1.807, 2.05) is 61.0 Å². The molecule has 0 radical (unpaired) electrons. The van der Waals surface area contributed by atoms with Crippen LogP contribution in [0.2, 0.25) is 0 Å². The predicted octanol–water partition coefficient (Wildman–Crippen LogP) is 1.98. The van der Waals surface area contributed by atoms with Gasteiger partial charge < -0.3 is 36.8 Å². The summed E-state index contributed by atoms with van der Waals surface area (Å²) in [5.74, 6) is -2.54. The van der Waals surface area contributed by atoms with Gasteiger partial charge in [0.15, 0.2) is 0 Å². The van der Waals surface area contributed by atoms with Gasteiger partial charge in [-0.1, -0.05) is 36.4 Å². The van der Waals surface area contributed by atoms with E-state index in [1.165, 1.54) is 11.8 Å². The molecule has 11 nitrogen and oxygen atoms in total. The predicted molar refractivity (Wildman–Crippen MR) is 172 cm³/mol. The second kappa shape index (κ2) is 15.0. The van der Waals surface area contributed by atoms with Crippen molar-refractivity contribution >= 4 is 69.9 Å². The lowest BCUT2D eigenvalue weighted by atomic mass is 10.0. The molecule has 4 aromatic rings. The first kappa shape index (κ1) is 32.0. The summed E-state index contributed by atoms with van der Waals surface area (Å²) < 4.78 is 0. The summed E-state index contributed by atoms with van der Waals surface area (Å²) in [5, 5.41) is 19.3. The number of aromatic amines is 2. The van der Waals surface area contributed by atoms with Gasteiger partial charge in [0.25, 0.3) is 0 Å². The van der Waals surface area contributed by atoms with E-state index < -0.39 is 47.9 Å². The molecule has 0 spiro atoms. The van der Waals surface area contributed by atoms with E-state index in [1.54, 1.807) is 6.20 Å². The van der Waals surface area contributed by atoms with Gasteiger partial charge in [-0.05, 0) is 48.1 Å². The first-order chi connectivity index (χ1) is 20.7. The van der Waals surface area contributed by atoms with Gasteiger partial charge in [0.1, 0.15) is 18.1 Å². The van der Waals surface area contributed by atoms with Crippen LogP contribution in [-0.4, -0.2) is 80.7 Å². The minimum absolute atomic E-state index is 0.0831. The van der Waals surface area contributed by atoms with Crippen molar-refractivity contribution in [3.8, 4) is 0 Å². The average Bonchev–Trinajstić information content (AvgIpc) is 3.61. The molecule has 4 rings (SSSR count). The number of rotatable bonds is 15. The van der Waals surface area contributed by atoms with Gasteiger partial charge in [0.2, 0.25) is 17.7 Å². The maximum absolute atomic E-state index is 13.6. The number of thiol groups is 1. The number of hydrogen-bond acceptors (Lipinski definition) is 7. The number of nitrogens with two attached hydrogens (primary N) is 1. The number of aliphatic carboxylic acids is 1. The number of carbonyl (C=O) groups excluding carboxylic acids is 3. The van der Waals surface area contributed by atoms with E-state index in [0.717, 1.165) is 32.9 Å². The molecular weight excluding hydrogens is 589 g/mol. The number of benzene rings is 2. The van der Waals surface area contributed by atoms with Crippen LogP contribution in [0, 0.1) is 0 Å². The fourth-order valence-electron chi connectivity index (χ4n) is 4.87. The first-order valence-corrected chi connectivity index (χ1v) is 15.8. The maximum atomic E-state index is 13.6. The van der Waals surface area contributed by atoms with Crippen LogP contribution in [0.15, 0.2) is 60.9 Å². The molecule has 0 aliphatic heterocycles. The zero-order valence-electron chi connectivity index (χ0n) is 23.6. The van der Waals surface area contributed by atoms with Crippen molar-refractivity contribution in [2.75, 3.05) is 17.8 Å². The fourth-order valence-corrected chi connectivity index (χ4v) is 5.60. The van der Waals surface area contributed by atoms with Crippen LogP contribution in [0.5, 0.6) is 0 Å².